The Morgan fingerprint density at radius 2 is 1.66 bits per heavy atom. The molecule has 4 heteroatoms. The average Bonchev–Trinajstić information content (AvgIpc) is 3.28. The maximum absolute atomic E-state index is 12.7. The van der Waals surface area contributed by atoms with Crippen LogP contribution < -0.4 is 5.32 Å². The van der Waals surface area contributed by atoms with Crippen molar-refractivity contribution < 1.29 is 9.59 Å². The summed E-state index contributed by atoms with van der Waals surface area (Å²) in [6, 6.07) is 19.6. The third-order valence-electron chi connectivity index (χ3n) is 5.45. The molecule has 0 saturated carbocycles. The van der Waals surface area contributed by atoms with Crippen molar-refractivity contribution in [3.63, 3.8) is 0 Å². The van der Waals surface area contributed by atoms with Crippen molar-refractivity contribution in [3.05, 3.63) is 83.4 Å². The van der Waals surface area contributed by atoms with Crippen molar-refractivity contribution in [1.29, 1.82) is 0 Å². The first-order valence-electron chi connectivity index (χ1n) is 9.99. The quantitative estimate of drug-likeness (QED) is 0.641. The lowest BCUT2D eigenvalue weighted by Gasteiger charge is -2.18. The molecule has 2 amide bonds. The summed E-state index contributed by atoms with van der Waals surface area (Å²) in [5.74, 6) is -0.172. The molecule has 1 aliphatic rings. The van der Waals surface area contributed by atoms with Gasteiger partial charge in [-0.05, 0) is 59.9 Å². The Kier molecular flexibility index (Phi) is 5.43. The van der Waals surface area contributed by atoms with Gasteiger partial charge < -0.3 is 10.2 Å². The molecule has 1 N–H and O–H groups in total. The van der Waals surface area contributed by atoms with Crippen molar-refractivity contribution in [1.82, 2.24) is 4.90 Å². The molecule has 0 spiro atoms. The van der Waals surface area contributed by atoms with Crippen molar-refractivity contribution in [2.75, 3.05) is 18.4 Å². The van der Waals surface area contributed by atoms with Crippen molar-refractivity contribution in [2.24, 2.45) is 0 Å². The summed E-state index contributed by atoms with van der Waals surface area (Å²) in [6.07, 6.45) is 5.47. The normalized spacial score (nSPS) is 13.9. The Hall–Kier alpha value is -3.40. The summed E-state index contributed by atoms with van der Waals surface area (Å²) >= 11 is 0. The molecule has 4 nitrogen and oxygen atoms in total. The molecule has 29 heavy (non-hydrogen) atoms. The zero-order valence-electron chi connectivity index (χ0n) is 16.5. The van der Waals surface area contributed by atoms with Crippen LogP contribution >= 0.6 is 0 Å². The van der Waals surface area contributed by atoms with E-state index in [4.69, 9.17) is 0 Å². The minimum Gasteiger partial charge on any atom is -0.339 e. The van der Waals surface area contributed by atoms with Crippen molar-refractivity contribution in [3.8, 4) is 0 Å². The molecule has 1 aliphatic heterocycles. The number of hydrogen-bond acceptors (Lipinski definition) is 2. The van der Waals surface area contributed by atoms with Crippen molar-refractivity contribution in [2.45, 2.75) is 19.8 Å². The van der Waals surface area contributed by atoms with Gasteiger partial charge >= 0.3 is 0 Å². The standard InChI is InChI=1S/C25H24N2O2/c1-18-21(25(29)27-16-4-5-17-27)12-7-13-23(18)26-24(28)15-14-20-10-6-9-19-8-2-3-11-22(19)20/h2-3,6-15H,4-5,16-17H2,1H3,(H,26,28)/b15-14+. The third kappa shape index (κ3) is 4.06. The number of rotatable bonds is 4. The first kappa shape index (κ1) is 18.9. The molecule has 0 radical (unpaired) electrons. The van der Waals surface area contributed by atoms with Crippen LogP contribution in [0.4, 0.5) is 5.69 Å². The van der Waals surface area contributed by atoms with Crippen LogP contribution in [0.5, 0.6) is 0 Å². The second kappa shape index (κ2) is 8.31. The van der Waals surface area contributed by atoms with Gasteiger partial charge in [-0.2, -0.15) is 0 Å². The Morgan fingerprint density at radius 3 is 2.48 bits per heavy atom. The summed E-state index contributed by atoms with van der Waals surface area (Å²) in [4.78, 5) is 27.1. The number of likely N-dealkylation sites (tertiary alicyclic amines) is 1. The summed E-state index contributed by atoms with van der Waals surface area (Å²) in [5, 5.41) is 5.16. The highest BCUT2D eigenvalue weighted by atomic mass is 16.2. The number of amides is 2. The van der Waals surface area contributed by atoms with Gasteiger partial charge in [0.1, 0.15) is 0 Å². The molecule has 4 rings (SSSR count). The van der Waals surface area contributed by atoms with Gasteiger partial charge in [-0.15, -0.1) is 0 Å². The van der Waals surface area contributed by atoms with E-state index in [1.165, 1.54) is 6.08 Å². The number of carbonyl (C=O) groups excluding carboxylic acids is 2. The lowest BCUT2D eigenvalue weighted by Crippen LogP contribution is -2.28. The number of nitrogens with zero attached hydrogens (tertiary/aromatic N) is 1. The van der Waals surface area contributed by atoms with E-state index in [0.717, 1.165) is 47.8 Å². The van der Waals surface area contributed by atoms with E-state index in [2.05, 4.69) is 17.4 Å². The Balaban J connectivity index is 1.52. The number of fused-ring (bicyclic) bond motifs is 1. The molecular weight excluding hydrogens is 360 g/mol. The van der Waals surface area contributed by atoms with Crippen LogP contribution in [0.2, 0.25) is 0 Å². The van der Waals surface area contributed by atoms with E-state index in [1.54, 1.807) is 0 Å². The maximum atomic E-state index is 12.7. The van der Waals surface area contributed by atoms with E-state index < -0.39 is 0 Å². The molecule has 3 aromatic rings. The van der Waals surface area contributed by atoms with Crippen LogP contribution in [0.3, 0.4) is 0 Å². The second-order valence-electron chi connectivity index (χ2n) is 7.37. The van der Waals surface area contributed by atoms with Gasteiger partial charge in [-0.3, -0.25) is 9.59 Å². The highest BCUT2D eigenvalue weighted by molar-refractivity contribution is 6.05. The van der Waals surface area contributed by atoms with E-state index in [1.807, 2.05) is 66.4 Å². The predicted molar refractivity (Wildman–Crippen MR) is 118 cm³/mol. The van der Waals surface area contributed by atoms with Gasteiger partial charge in [-0.25, -0.2) is 0 Å². The molecule has 146 valence electrons. The topological polar surface area (TPSA) is 49.4 Å². The molecule has 1 heterocycles. The minimum atomic E-state index is -0.216. The third-order valence-corrected chi connectivity index (χ3v) is 5.45. The number of anilines is 1. The van der Waals surface area contributed by atoms with Crippen LogP contribution in [0.25, 0.3) is 16.8 Å². The predicted octanol–water partition coefficient (Wildman–Crippen LogP) is 5.04. The molecule has 1 saturated heterocycles. The van der Waals surface area contributed by atoms with Crippen LogP contribution in [-0.4, -0.2) is 29.8 Å². The molecule has 3 aromatic carbocycles. The zero-order chi connectivity index (χ0) is 20.2. The summed E-state index contributed by atoms with van der Waals surface area (Å²) in [7, 11) is 0. The number of hydrogen-bond donors (Lipinski definition) is 1. The van der Waals surface area contributed by atoms with Crippen LogP contribution in [0, 0.1) is 6.92 Å². The smallest absolute Gasteiger partial charge is 0.254 e. The van der Waals surface area contributed by atoms with Crippen LogP contribution in [-0.2, 0) is 4.79 Å². The lowest BCUT2D eigenvalue weighted by molar-refractivity contribution is -0.111. The lowest BCUT2D eigenvalue weighted by atomic mass is 10.0. The Labute approximate surface area is 170 Å². The summed E-state index contributed by atoms with van der Waals surface area (Å²) in [5.41, 5.74) is 3.12. The SMILES string of the molecule is Cc1c(NC(=O)/C=C/c2cccc3ccccc23)cccc1C(=O)N1CCCC1. The fraction of sp³-hybridized carbons (Fsp3) is 0.200. The minimum absolute atomic E-state index is 0.0439. The van der Waals surface area contributed by atoms with Gasteiger partial charge in [0, 0.05) is 30.4 Å². The molecule has 0 bridgehead atoms. The first-order chi connectivity index (χ1) is 14.1. The molecule has 0 atom stereocenters. The molecule has 0 unspecified atom stereocenters. The van der Waals surface area contributed by atoms with E-state index in [0.29, 0.717) is 11.3 Å². The molecule has 1 fully saturated rings. The summed E-state index contributed by atoms with van der Waals surface area (Å²) in [6.45, 7) is 3.50. The van der Waals surface area contributed by atoms with Gasteiger partial charge in [0.2, 0.25) is 5.91 Å². The van der Waals surface area contributed by atoms with E-state index in [9.17, 15) is 9.59 Å². The Bertz CT molecular complexity index is 1090. The van der Waals surface area contributed by atoms with Crippen molar-refractivity contribution >= 4 is 34.4 Å². The zero-order valence-corrected chi connectivity index (χ0v) is 16.5. The molecule has 0 aliphatic carbocycles. The molecule has 0 aromatic heterocycles. The highest BCUT2D eigenvalue weighted by Gasteiger charge is 2.21. The molecular formula is C25H24N2O2. The fourth-order valence-corrected chi connectivity index (χ4v) is 3.83. The van der Waals surface area contributed by atoms with Crippen LogP contribution in [0.1, 0.15) is 34.3 Å². The van der Waals surface area contributed by atoms with Gasteiger partial charge in [0.15, 0.2) is 0 Å². The van der Waals surface area contributed by atoms with Gasteiger partial charge in [-0.1, -0.05) is 48.5 Å². The summed E-state index contributed by atoms with van der Waals surface area (Å²) < 4.78 is 0. The number of nitrogens with one attached hydrogen (secondary N) is 1. The Morgan fingerprint density at radius 1 is 0.931 bits per heavy atom. The first-order valence-corrected chi connectivity index (χ1v) is 9.99. The second-order valence-corrected chi connectivity index (χ2v) is 7.37. The van der Waals surface area contributed by atoms with Crippen LogP contribution in [0.15, 0.2) is 66.7 Å². The van der Waals surface area contributed by atoms with Gasteiger partial charge in [0.05, 0.1) is 0 Å². The largest absolute Gasteiger partial charge is 0.339 e. The van der Waals surface area contributed by atoms with Gasteiger partial charge in [0.25, 0.3) is 5.91 Å². The number of carbonyl (C=O) groups is 2. The fourth-order valence-electron chi connectivity index (χ4n) is 3.83. The van der Waals surface area contributed by atoms with E-state index in [-0.39, 0.29) is 11.8 Å². The maximum Gasteiger partial charge on any atom is 0.254 e. The van der Waals surface area contributed by atoms with E-state index >= 15 is 0 Å². The monoisotopic (exact) mass is 384 g/mol. The number of benzene rings is 3. The average molecular weight is 384 g/mol. The highest BCUT2D eigenvalue weighted by Crippen LogP contribution is 2.23.